The zero-order chi connectivity index (χ0) is 21.5. The molecule has 0 spiro atoms. The third-order valence-corrected chi connectivity index (χ3v) is 6.23. The standard InChI is InChI=1S/C16H12ClF6NO3S/c1-24(28(26,27)13-5-3-2-4-12(13)17)11-8-6-10(7-9-11)14(25,15(18,19)20)16(21,22)23/h2-9,25H,1H3. The van der Waals surface area contributed by atoms with Crippen LogP contribution in [0.2, 0.25) is 5.02 Å². The molecule has 154 valence electrons. The minimum atomic E-state index is -6.04. The van der Waals surface area contributed by atoms with Crippen LogP contribution >= 0.6 is 11.6 Å². The highest BCUT2D eigenvalue weighted by molar-refractivity contribution is 7.93. The van der Waals surface area contributed by atoms with E-state index in [9.17, 15) is 39.9 Å². The van der Waals surface area contributed by atoms with Crippen LogP contribution in [0.25, 0.3) is 0 Å². The maximum Gasteiger partial charge on any atom is 0.430 e. The number of benzene rings is 2. The summed E-state index contributed by atoms with van der Waals surface area (Å²) in [5.41, 5.74) is -6.84. The lowest BCUT2D eigenvalue weighted by atomic mass is 9.92. The summed E-state index contributed by atoms with van der Waals surface area (Å²) in [4.78, 5) is -0.301. The molecule has 0 radical (unpaired) electrons. The van der Waals surface area contributed by atoms with E-state index in [1.165, 1.54) is 24.3 Å². The molecule has 0 fully saturated rings. The summed E-state index contributed by atoms with van der Waals surface area (Å²) in [6, 6.07) is 7.50. The van der Waals surface area contributed by atoms with Crippen molar-refractivity contribution < 1.29 is 39.9 Å². The van der Waals surface area contributed by atoms with Gasteiger partial charge in [0.05, 0.1) is 10.7 Å². The maximum atomic E-state index is 12.9. The van der Waals surface area contributed by atoms with E-state index in [1.807, 2.05) is 0 Å². The fourth-order valence-electron chi connectivity index (χ4n) is 2.34. The van der Waals surface area contributed by atoms with Crippen LogP contribution in [0.1, 0.15) is 5.56 Å². The van der Waals surface area contributed by atoms with Gasteiger partial charge in [0, 0.05) is 12.6 Å². The highest BCUT2D eigenvalue weighted by Crippen LogP contribution is 2.50. The summed E-state index contributed by atoms with van der Waals surface area (Å²) < 4.78 is 103. The molecule has 0 unspecified atom stereocenters. The molecule has 0 heterocycles. The molecule has 0 aliphatic heterocycles. The number of hydrogen-bond donors (Lipinski definition) is 1. The Labute approximate surface area is 161 Å². The van der Waals surface area contributed by atoms with Gasteiger partial charge in [-0.05, 0) is 24.3 Å². The number of aliphatic hydroxyl groups is 1. The number of halogens is 7. The first-order chi connectivity index (χ1) is 12.6. The minimum Gasteiger partial charge on any atom is -0.369 e. The first-order valence-corrected chi connectivity index (χ1v) is 9.15. The van der Waals surface area contributed by atoms with E-state index < -0.39 is 33.5 Å². The number of rotatable bonds is 4. The maximum absolute atomic E-state index is 12.9. The van der Waals surface area contributed by atoms with E-state index in [0.29, 0.717) is 28.6 Å². The van der Waals surface area contributed by atoms with Crippen molar-refractivity contribution in [1.29, 1.82) is 0 Å². The molecule has 4 nitrogen and oxygen atoms in total. The van der Waals surface area contributed by atoms with Gasteiger partial charge >= 0.3 is 12.4 Å². The first kappa shape index (κ1) is 22.3. The van der Waals surface area contributed by atoms with Crippen LogP contribution in [0, 0.1) is 0 Å². The zero-order valence-corrected chi connectivity index (χ0v) is 15.5. The summed E-state index contributed by atoms with van der Waals surface area (Å²) in [6.07, 6.45) is -12.1. The fraction of sp³-hybridized carbons (Fsp3) is 0.250. The van der Waals surface area contributed by atoms with Gasteiger partial charge in [0.25, 0.3) is 15.6 Å². The average molecular weight is 448 g/mol. The Morgan fingerprint density at radius 3 is 1.79 bits per heavy atom. The van der Waals surface area contributed by atoms with Gasteiger partial charge < -0.3 is 5.11 Å². The smallest absolute Gasteiger partial charge is 0.369 e. The van der Waals surface area contributed by atoms with E-state index in [-0.39, 0.29) is 15.6 Å². The lowest BCUT2D eigenvalue weighted by molar-refractivity contribution is -0.376. The second-order valence-corrected chi connectivity index (χ2v) is 8.00. The van der Waals surface area contributed by atoms with Crippen LogP contribution in [-0.4, -0.2) is 32.9 Å². The summed E-state index contributed by atoms with van der Waals surface area (Å²) in [7, 11) is -3.18. The SMILES string of the molecule is CN(c1ccc(C(O)(C(F)(F)F)C(F)(F)F)cc1)S(=O)(=O)c1ccccc1Cl. The Morgan fingerprint density at radius 1 is 0.893 bits per heavy atom. The number of sulfonamides is 1. The molecule has 2 aromatic rings. The van der Waals surface area contributed by atoms with Gasteiger partial charge in [0.2, 0.25) is 0 Å². The van der Waals surface area contributed by atoms with Crippen LogP contribution in [0.15, 0.2) is 53.4 Å². The predicted octanol–water partition coefficient (Wildman–Crippen LogP) is 4.48. The summed E-state index contributed by atoms with van der Waals surface area (Å²) in [5, 5.41) is 9.24. The summed E-state index contributed by atoms with van der Waals surface area (Å²) in [6.45, 7) is 0. The molecule has 0 amide bonds. The molecule has 0 aromatic heterocycles. The lowest BCUT2D eigenvalue weighted by Gasteiger charge is -2.33. The summed E-state index contributed by atoms with van der Waals surface area (Å²) >= 11 is 5.84. The molecule has 28 heavy (non-hydrogen) atoms. The Hall–Kier alpha value is -1.98. The Morgan fingerprint density at radius 2 is 1.36 bits per heavy atom. The average Bonchev–Trinajstić information content (AvgIpc) is 2.58. The molecule has 0 aliphatic carbocycles. The zero-order valence-electron chi connectivity index (χ0n) is 13.9. The quantitative estimate of drug-likeness (QED) is 0.703. The first-order valence-electron chi connectivity index (χ1n) is 7.34. The van der Waals surface area contributed by atoms with Crippen molar-refractivity contribution in [3.05, 3.63) is 59.1 Å². The lowest BCUT2D eigenvalue weighted by Crippen LogP contribution is -2.53. The van der Waals surface area contributed by atoms with Gasteiger partial charge in [-0.2, -0.15) is 26.3 Å². The molecule has 1 N–H and O–H groups in total. The van der Waals surface area contributed by atoms with E-state index in [2.05, 4.69) is 0 Å². The second-order valence-electron chi connectivity index (χ2n) is 5.66. The highest BCUT2D eigenvalue weighted by Gasteiger charge is 2.71. The van der Waals surface area contributed by atoms with Gasteiger partial charge in [0.1, 0.15) is 4.90 Å². The highest BCUT2D eigenvalue weighted by atomic mass is 35.5. The number of nitrogens with zero attached hydrogens (tertiary/aromatic N) is 1. The van der Waals surface area contributed by atoms with E-state index in [0.717, 1.165) is 7.05 Å². The molecule has 2 aromatic carbocycles. The van der Waals surface area contributed by atoms with Gasteiger partial charge in [0.15, 0.2) is 0 Å². The Balaban J connectivity index is 2.48. The number of alkyl halides is 6. The third kappa shape index (κ3) is 3.65. The van der Waals surface area contributed by atoms with Crippen molar-refractivity contribution in [2.75, 3.05) is 11.4 Å². The third-order valence-electron chi connectivity index (χ3n) is 3.94. The predicted molar refractivity (Wildman–Crippen MR) is 89.5 cm³/mol. The normalized spacial score (nSPS) is 13.5. The Kier molecular flexibility index (Phi) is 5.68. The molecular formula is C16H12ClF6NO3S. The van der Waals surface area contributed by atoms with Gasteiger partial charge in [-0.1, -0.05) is 35.9 Å². The van der Waals surface area contributed by atoms with Gasteiger partial charge in [-0.3, -0.25) is 4.31 Å². The van der Waals surface area contributed by atoms with Crippen LogP contribution in [0.3, 0.4) is 0 Å². The monoisotopic (exact) mass is 447 g/mol. The molecule has 0 saturated heterocycles. The molecular weight excluding hydrogens is 436 g/mol. The summed E-state index contributed by atoms with van der Waals surface area (Å²) in [5.74, 6) is 0. The van der Waals surface area contributed by atoms with E-state index in [1.54, 1.807) is 0 Å². The molecule has 12 heteroatoms. The molecule has 0 aliphatic rings. The van der Waals surface area contributed by atoms with Crippen LogP contribution in [0.5, 0.6) is 0 Å². The number of anilines is 1. The van der Waals surface area contributed by atoms with Crippen molar-refractivity contribution in [2.45, 2.75) is 22.8 Å². The molecule has 0 atom stereocenters. The molecule has 2 rings (SSSR count). The minimum absolute atomic E-state index is 0.116. The van der Waals surface area contributed by atoms with Crippen LogP contribution < -0.4 is 4.31 Å². The fourth-order valence-corrected chi connectivity index (χ4v) is 4.03. The van der Waals surface area contributed by atoms with Gasteiger partial charge in [-0.15, -0.1) is 0 Å². The van der Waals surface area contributed by atoms with Crippen molar-refractivity contribution in [1.82, 2.24) is 0 Å². The van der Waals surface area contributed by atoms with Crippen molar-refractivity contribution in [2.24, 2.45) is 0 Å². The van der Waals surface area contributed by atoms with Crippen LogP contribution in [0.4, 0.5) is 32.0 Å². The molecule has 0 bridgehead atoms. The van der Waals surface area contributed by atoms with Gasteiger partial charge in [-0.25, -0.2) is 8.42 Å². The van der Waals surface area contributed by atoms with E-state index >= 15 is 0 Å². The van der Waals surface area contributed by atoms with Crippen molar-refractivity contribution >= 4 is 27.3 Å². The van der Waals surface area contributed by atoms with Crippen molar-refractivity contribution in [3.8, 4) is 0 Å². The second kappa shape index (κ2) is 7.12. The Bertz CT molecular complexity index is 944. The van der Waals surface area contributed by atoms with Crippen molar-refractivity contribution in [3.63, 3.8) is 0 Å². The van der Waals surface area contributed by atoms with Crippen LogP contribution in [-0.2, 0) is 15.6 Å². The largest absolute Gasteiger partial charge is 0.430 e. The topological polar surface area (TPSA) is 57.6 Å². The molecule has 0 saturated carbocycles. The number of hydrogen-bond acceptors (Lipinski definition) is 3. The van der Waals surface area contributed by atoms with E-state index in [4.69, 9.17) is 11.6 Å².